The Bertz CT molecular complexity index is 705. The first-order chi connectivity index (χ1) is 13.5. The van der Waals surface area contributed by atoms with E-state index in [1.54, 1.807) is 12.1 Å². The molecule has 7 nitrogen and oxygen atoms in total. The van der Waals surface area contributed by atoms with Crippen LogP contribution in [0.2, 0.25) is 0 Å². The number of fused-ring (bicyclic) bond motifs is 1. The number of nitrogens with zero attached hydrogens (tertiary/aromatic N) is 1. The SMILES string of the molecule is C=CC(=O)N(CCNCCc1ccc(O)c2c1OCC(=O)N2)[C@H](C)CCCC. The summed E-state index contributed by atoms with van der Waals surface area (Å²) in [5.74, 6) is 0.210. The molecule has 0 saturated carbocycles. The number of nitrogens with one attached hydrogen (secondary N) is 2. The van der Waals surface area contributed by atoms with Crippen molar-refractivity contribution in [3.05, 3.63) is 30.4 Å². The van der Waals surface area contributed by atoms with E-state index in [1.807, 2.05) is 4.90 Å². The van der Waals surface area contributed by atoms with E-state index >= 15 is 0 Å². The van der Waals surface area contributed by atoms with Crippen molar-refractivity contribution >= 4 is 17.5 Å². The van der Waals surface area contributed by atoms with Crippen molar-refractivity contribution in [3.63, 3.8) is 0 Å². The average molecular weight is 389 g/mol. The first-order valence-corrected chi connectivity index (χ1v) is 9.89. The molecule has 2 rings (SSSR count). The number of amides is 2. The molecule has 0 aliphatic carbocycles. The first-order valence-electron chi connectivity index (χ1n) is 9.89. The number of ether oxygens (including phenoxy) is 1. The molecule has 1 heterocycles. The zero-order valence-corrected chi connectivity index (χ0v) is 16.8. The molecule has 0 unspecified atom stereocenters. The minimum atomic E-state index is -0.276. The van der Waals surface area contributed by atoms with Gasteiger partial charge in [0.05, 0.1) is 0 Å². The van der Waals surface area contributed by atoms with Crippen LogP contribution in [-0.2, 0) is 16.0 Å². The Morgan fingerprint density at radius 3 is 2.96 bits per heavy atom. The van der Waals surface area contributed by atoms with Crippen LogP contribution in [0.25, 0.3) is 0 Å². The van der Waals surface area contributed by atoms with Crippen LogP contribution in [0, 0.1) is 0 Å². The molecule has 0 bridgehead atoms. The number of aromatic hydroxyl groups is 1. The zero-order valence-electron chi connectivity index (χ0n) is 16.8. The summed E-state index contributed by atoms with van der Waals surface area (Å²) in [5, 5.41) is 15.9. The minimum Gasteiger partial charge on any atom is -0.506 e. The van der Waals surface area contributed by atoms with E-state index < -0.39 is 0 Å². The molecule has 0 fully saturated rings. The van der Waals surface area contributed by atoms with Gasteiger partial charge in [0, 0.05) is 19.1 Å². The van der Waals surface area contributed by atoms with E-state index in [4.69, 9.17) is 4.74 Å². The van der Waals surface area contributed by atoms with Crippen molar-refractivity contribution in [2.45, 2.75) is 45.6 Å². The highest BCUT2D eigenvalue weighted by Gasteiger charge is 2.22. The van der Waals surface area contributed by atoms with Gasteiger partial charge in [-0.15, -0.1) is 0 Å². The fourth-order valence-electron chi connectivity index (χ4n) is 3.28. The van der Waals surface area contributed by atoms with Gasteiger partial charge in [0.2, 0.25) is 5.91 Å². The van der Waals surface area contributed by atoms with Gasteiger partial charge < -0.3 is 25.4 Å². The standard InChI is InChI=1S/C21H31N3O4/c1-4-6-7-15(3)24(19(27)5-2)13-12-22-11-10-16-8-9-17(25)20-21(16)28-14-18(26)23-20/h5,8-9,15,22,25H,2,4,6-7,10-14H2,1,3H3,(H,23,26)/t15-/m1/s1. The van der Waals surface area contributed by atoms with Gasteiger partial charge in [-0.05, 0) is 44.0 Å². The predicted octanol–water partition coefficient (Wildman–Crippen LogP) is 2.45. The third-order valence-corrected chi connectivity index (χ3v) is 4.90. The Hall–Kier alpha value is -2.54. The molecule has 0 aromatic heterocycles. The summed E-state index contributed by atoms with van der Waals surface area (Å²) in [6.07, 6.45) is 5.24. The lowest BCUT2D eigenvalue weighted by Crippen LogP contribution is -2.42. The maximum absolute atomic E-state index is 12.1. The summed E-state index contributed by atoms with van der Waals surface area (Å²) in [6.45, 7) is 9.76. The van der Waals surface area contributed by atoms with E-state index in [0.717, 1.165) is 24.8 Å². The van der Waals surface area contributed by atoms with Gasteiger partial charge in [-0.3, -0.25) is 9.59 Å². The quantitative estimate of drug-likeness (QED) is 0.307. The van der Waals surface area contributed by atoms with Crippen molar-refractivity contribution in [3.8, 4) is 11.5 Å². The molecule has 2 amide bonds. The summed E-state index contributed by atoms with van der Waals surface area (Å²) >= 11 is 0. The number of phenols is 1. The fraction of sp³-hybridized carbons (Fsp3) is 0.524. The summed E-state index contributed by atoms with van der Waals surface area (Å²) in [4.78, 5) is 25.4. The van der Waals surface area contributed by atoms with Crippen LogP contribution in [-0.4, -0.2) is 54.1 Å². The van der Waals surface area contributed by atoms with E-state index in [0.29, 0.717) is 37.5 Å². The summed E-state index contributed by atoms with van der Waals surface area (Å²) < 4.78 is 5.49. The molecule has 1 aromatic carbocycles. The molecule has 7 heteroatoms. The van der Waals surface area contributed by atoms with Crippen LogP contribution in [0.1, 0.15) is 38.7 Å². The van der Waals surface area contributed by atoms with Crippen LogP contribution < -0.4 is 15.4 Å². The maximum atomic E-state index is 12.1. The smallest absolute Gasteiger partial charge is 0.262 e. The number of hydrogen-bond donors (Lipinski definition) is 3. The molecule has 1 aromatic rings. The number of hydrogen-bond acceptors (Lipinski definition) is 5. The lowest BCUT2D eigenvalue weighted by atomic mass is 10.1. The van der Waals surface area contributed by atoms with Gasteiger partial charge in [0.25, 0.3) is 5.91 Å². The molecular weight excluding hydrogens is 358 g/mol. The van der Waals surface area contributed by atoms with Crippen LogP contribution in [0.3, 0.4) is 0 Å². The molecule has 0 spiro atoms. The van der Waals surface area contributed by atoms with E-state index in [-0.39, 0.29) is 30.2 Å². The molecule has 28 heavy (non-hydrogen) atoms. The van der Waals surface area contributed by atoms with Crippen LogP contribution >= 0.6 is 0 Å². The molecule has 3 N–H and O–H groups in total. The number of unbranched alkanes of at least 4 members (excludes halogenated alkanes) is 1. The summed E-state index contributed by atoms with van der Waals surface area (Å²) in [6, 6.07) is 3.55. The van der Waals surface area contributed by atoms with E-state index in [1.165, 1.54) is 6.08 Å². The van der Waals surface area contributed by atoms with E-state index in [9.17, 15) is 14.7 Å². The summed E-state index contributed by atoms with van der Waals surface area (Å²) in [7, 11) is 0. The molecular formula is C21H31N3O4. The van der Waals surface area contributed by atoms with Crippen molar-refractivity contribution in [2.24, 2.45) is 0 Å². The Morgan fingerprint density at radius 1 is 1.46 bits per heavy atom. The molecule has 1 aliphatic rings. The van der Waals surface area contributed by atoms with Crippen molar-refractivity contribution < 1.29 is 19.4 Å². The lowest BCUT2D eigenvalue weighted by Gasteiger charge is -2.28. The van der Waals surface area contributed by atoms with Crippen LogP contribution in [0.5, 0.6) is 11.5 Å². The highest BCUT2D eigenvalue weighted by atomic mass is 16.5. The number of carbonyl (C=O) groups excluding carboxylic acids is 2. The first kappa shape index (κ1) is 21.8. The summed E-state index contributed by atoms with van der Waals surface area (Å²) in [5.41, 5.74) is 1.25. The van der Waals surface area contributed by atoms with Gasteiger partial charge in [-0.1, -0.05) is 32.4 Å². The second-order valence-corrected chi connectivity index (χ2v) is 7.01. The number of carbonyl (C=O) groups is 2. The maximum Gasteiger partial charge on any atom is 0.262 e. The van der Waals surface area contributed by atoms with Crippen molar-refractivity contribution in [1.29, 1.82) is 0 Å². The highest BCUT2D eigenvalue weighted by molar-refractivity contribution is 5.97. The Kier molecular flexibility index (Phi) is 8.32. The Labute approximate surface area is 166 Å². The van der Waals surface area contributed by atoms with Crippen molar-refractivity contribution in [1.82, 2.24) is 10.2 Å². The zero-order chi connectivity index (χ0) is 20.5. The predicted molar refractivity (Wildman–Crippen MR) is 110 cm³/mol. The van der Waals surface area contributed by atoms with Crippen LogP contribution in [0.4, 0.5) is 5.69 Å². The minimum absolute atomic E-state index is 0.000551. The average Bonchev–Trinajstić information content (AvgIpc) is 2.70. The second-order valence-electron chi connectivity index (χ2n) is 7.01. The molecule has 1 aliphatic heterocycles. The van der Waals surface area contributed by atoms with Gasteiger partial charge in [-0.2, -0.15) is 0 Å². The normalized spacial score (nSPS) is 13.9. The number of phenolic OH excluding ortho intramolecular Hbond substituents is 1. The number of anilines is 1. The largest absolute Gasteiger partial charge is 0.506 e. The van der Waals surface area contributed by atoms with E-state index in [2.05, 4.69) is 31.1 Å². The number of rotatable bonds is 11. The second kappa shape index (κ2) is 10.7. The number of benzene rings is 1. The Morgan fingerprint density at radius 2 is 2.25 bits per heavy atom. The molecule has 0 saturated heterocycles. The monoisotopic (exact) mass is 389 g/mol. The highest BCUT2D eigenvalue weighted by Crippen LogP contribution is 2.39. The Balaban J connectivity index is 1.85. The van der Waals surface area contributed by atoms with Gasteiger partial charge in [0.15, 0.2) is 12.4 Å². The van der Waals surface area contributed by atoms with Gasteiger partial charge in [0.1, 0.15) is 11.4 Å². The lowest BCUT2D eigenvalue weighted by molar-refractivity contribution is -0.128. The molecule has 154 valence electrons. The fourth-order valence-corrected chi connectivity index (χ4v) is 3.28. The topological polar surface area (TPSA) is 90.9 Å². The third-order valence-electron chi connectivity index (χ3n) is 4.90. The van der Waals surface area contributed by atoms with Gasteiger partial charge in [-0.25, -0.2) is 0 Å². The third kappa shape index (κ3) is 5.73. The van der Waals surface area contributed by atoms with Crippen LogP contribution in [0.15, 0.2) is 24.8 Å². The molecule has 1 atom stereocenters. The van der Waals surface area contributed by atoms with Crippen molar-refractivity contribution in [2.75, 3.05) is 31.6 Å². The molecule has 0 radical (unpaired) electrons. The van der Waals surface area contributed by atoms with Gasteiger partial charge >= 0.3 is 0 Å².